The molecule has 2 rings (SSSR count). The summed E-state index contributed by atoms with van der Waals surface area (Å²) in [5.74, 6) is -1.67. The van der Waals surface area contributed by atoms with E-state index in [0.717, 1.165) is 18.2 Å². The highest BCUT2D eigenvalue weighted by Gasteiger charge is 2.31. The van der Waals surface area contributed by atoms with Gasteiger partial charge < -0.3 is 15.4 Å². The van der Waals surface area contributed by atoms with E-state index in [-0.39, 0.29) is 16.6 Å². The second kappa shape index (κ2) is 10.2. The number of anilines is 2. The van der Waals surface area contributed by atoms with Gasteiger partial charge in [-0.25, -0.2) is 4.79 Å². The molecule has 0 saturated carbocycles. The normalized spacial score (nSPS) is 12.1. The van der Waals surface area contributed by atoms with Gasteiger partial charge >= 0.3 is 12.1 Å². The molecular weight excluding hydrogens is 435 g/mol. The standard InChI is InChI=1S/C21H19ClF3N3O3/c1-12(2)19(28-17-8-5-14(9-16(17)22)21(23,24)25)20(30)31-11-18(29)27-15-6-3-13(10-26)4-7-15/h3-9,12,19,28H,11H2,1-2H3,(H,27,29). The molecule has 0 fully saturated rings. The lowest BCUT2D eigenvalue weighted by molar-refractivity contribution is -0.149. The number of benzene rings is 2. The first kappa shape index (κ1) is 24.0. The summed E-state index contributed by atoms with van der Waals surface area (Å²) in [4.78, 5) is 24.4. The minimum atomic E-state index is -4.54. The van der Waals surface area contributed by atoms with Crippen molar-refractivity contribution in [3.05, 3.63) is 58.6 Å². The number of carbonyl (C=O) groups is 2. The van der Waals surface area contributed by atoms with Crippen molar-refractivity contribution in [2.75, 3.05) is 17.2 Å². The number of hydrogen-bond donors (Lipinski definition) is 2. The Morgan fingerprint density at radius 3 is 2.32 bits per heavy atom. The number of esters is 1. The number of amides is 1. The van der Waals surface area contributed by atoms with Gasteiger partial charge in [-0.05, 0) is 48.4 Å². The highest BCUT2D eigenvalue weighted by atomic mass is 35.5. The van der Waals surface area contributed by atoms with Crippen molar-refractivity contribution in [2.45, 2.75) is 26.1 Å². The average molecular weight is 454 g/mol. The molecule has 0 saturated heterocycles. The smallest absolute Gasteiger partial charge is 0.416 e. The van der Waals surface area contributed by atoms with Crippen molar-refractivity contribution in [1.82, 2.24) is 0 Å². The molecule has 0 heterocycles. The molecule has 164 valence electrons. The Hall–Kier alpha value is -3.25. The molecule has 0 bridgehead atoms. The van der Waals surface area contributed by atoms with E-state index >= 15 is 0 Å². The quantitative estimate of drug-likeness (QED) is 0.585. The predicted molar refractivity (Wildman–Crippen MR) is 109 cm³/mol. The molecule has 0 aliphatic carbocycles. The second-order valence-corrected chi connectivity index (χ2v) is 7.31. The first-order valence-corrected chi connectivity index (χ1v) is 9.49. The summed E-state index contributed by atoms with van der Waals surface area (Å²) in [7, 11) is 0. The molecule has 0 aliphatic rings. The Kier molecular flexibility index (Phi) is 7.89. The number of nitriles is 1. The van der Waals surface area contributed by atoms with Gasteiger partial charge in [0.05, 0.1) is 27.9 Å². The Morgan fingerprint density at radius 2 is 1.81 bits per heavy atom. The molecule has 0 spiro atoms. The highest BCUT2D eigenvalue weighted by molar-refractivity contribution is 6.33. The van der Waals surface area contributed by atoms with Gasteiger partial charge in [0.15, 0.2) is 6.61 Å². The number of nitrogens with zero attached hydrogens (tertiary/aromatic N) is 1. The zero-order chi connectivity index (χ0) is 23.2. The van der Waals surface area contributed by atoms with Crippen LogP contribution in [0.1, 0.15) is 25.0 Å². The number of ether oxygens (including phenoxy) is 1. The van der Waals surface area contributed by atoms with Gasteiger partial charge in [-0.2, -0.15) is 18.4 Å². The lowest BCUT2D eigenvalue weighted by Crippen LogP contribution is -2.37. The summed E-state index contributed by atoms with van der Waals surface area (Å²) in [6.07, 6.45) is -4.54. The van der Waals surface area contributed by atoms with E-state index in [0.29, 0.717) is 11.3 Å². The zero-order valence-electron chi connectivity index (χ0n) is 16.6. The van der Waals surface area contributed by atoms with Gasteiger partial charge in [-0.15, -0.1) is 0 Å². The van der Waals surface area contributed by atoms with Crippen LogP contribution in [0.3, 0.4) is 0 Å². The Balaban J connectivity index is 1.99. The number of halogens is 4. The molecule has 0 radical (unpaired) electrons. The average Bonchev–Trinajstić information content (AvgIpc) is 2.70. The topological polar surface area (TPSA) is 91.2 Å². The Morgan fingerprint density at radius 1 is 1.16 bits per heavy atom. The van der Waals surface area contributed by atoms with Gasteiger partial charge in [0, 0.05) is 5.69 Å². The lowest BCUT2D eigenvalue weighted by Gasteiger charge is -2.23. The molecule has 31 heavy (non-hydrogen) atoms. The zero-order valence-corrected chi connectivity index (χ0v) is 17.3. The van der Waals surface area contributed by atoms with Crippen LogP contribution in [0.5, 0.6) is 0 Å². The van der Waals surface area contributed by atoms with Crippen molar-refractivity contribution in [1.29, 1.82) is 5.26 Å². The van der Waals surface area contributed by atoms with Gasteiger partial charge in [0.25, 0.3) is 5.91 Å². The maximum absolute atomic E-state index is 12.8. The number of rotatable bonds is 7. The van der Waals surface area contributed by atoms with Crippen LogP contribution in [-0.4, -0.2) is 24.5 Å². The fourth-order valence-electron chi connectivity index (χ4n) is 2.53. The minimum absolute atomic E-state index is 0.132. The molecule has 10 heteroatoms. The first-order chi connectivity index (χ1) is 14.5. The molecule has 2 aromatic carbocycles. The van der Waals surface area contributed by atoms with Crippen LogP contribution >= 0.6 is 11.6 Å². The molecule has 0 aliphatic heterocycles. The summed E-state index contributed by atoms with van der Waals surface area (Å²) in [6.45, 7) is 2.84. The second-order valence-electron chi connectivity index (χ2n) is 6.90. The predicted octanol–water partition coefficient (Wildman–Crippen LogP) is 4.85. The van der Waals surface area contributed by atoms with E-state index in [9.17, 15) is 22.8 Å². The van der Waals surface area contributed by atoms with E-state index in [4.69, 9.17) is 21.6 Å². The van der Waals surface area contributed by atoms with Crippen LogP contribution < -0.4 is 10.6 Å². The van der Waals surface area contributed by atoms with Crippen molar-refractivity contribution < 1.29 is 27.5 Å². The molecule has 1 amide bonds. The van der Waals surface area contributed by atoms with Crippen LogP contribution in [-0.2, 0) is 20.5 Å². The maximum atomic E-state index is 12.8. The molecule has 2 aromatic rings. The molecule has 1 atom stereocenters. The first-order valence-electron chi connectivity index (χ1n) is 9.11. The molecule has 2 N–H and O–H groups in total. The fraction of sp³-hybridized carbons (Fsp3) is 0.286. The summed E-state index contributed by atoms with van der Waals surface area (Å²) in [6, 6.07) is 9.85. The van der Waals surface area contributed by atoms with Crippen LogP contribution in [0.15, 0.2) is 42.5 Å². The van der Waals surface area contributed by atoms with E-state index in [1.165, 1.54) is 24.3 Å². The Labute approximate surface area is 182 Å². The largest absolute Gasteiger partial charge is 0.454 e. The third-order valence-corrected chi connectivity index (χ3v) is 4.48. The van der Waals surface area contributed by atoms with Crippen LogP contribution in [0.4, 0.5) is 24.5 Å². The SMILES string of the molecule is CC(C)C(Nc1ccc(C(F)(F)F)cc1Cl)C(=O)OCC(=O)Nc1ccc(C#N)cc1. The number of hydrogen-bond acceptors (Lipinski definition) is 5. The van der Waals surface area contributed by atoms with Crippen molar-refractivity contribution in [3.8, 4) is 6.07 Å². The number of carbonyl (C=O) groups excluding carboxylic acids is 2. The third-order valence-electron chi connectivity index (χ3n) is 4.17. The number of nitrogens with one attached hydrogen (secondary N) is 2. The van der Waals surface area contributed by atoms with Crippen LogP contribution in [0.2, 0.25) is 5.02 Å². The van der Waals surface area contributed by atoms with E-state index in [2.05, 4.69) is 10.6 Å². The molecule has 1 unspecified atom stereocenters. The van der Waals surface area contributed by atoms with Gasteiger partial charge in [-0.1, -0.05) is 25.4 Å². The summed E-state index contributed by atoms with van der Waals surface area (Å²) in [5.41, 5.74) is 0.0749. The highest BCUT2D eigenvalue weighted by Crippen LogP contribution is 2.34. The van der Waals surface area contributed by atoms with Crippen molar-refractivity contribution in [2.24, 2.45) is 5.92 Å². The maximum Gasteiger partial charge on any atom is 0.416 e. The minimum Gasteiger partial charge on any atom is -0.454 e. The van der Waals surface area contributed by atoms with Gasteiger partial charge in [0.1, 0.15) is 6.04 Å². The number of alkyl halides is 3. The summed E-state index contributed by atoms with van der Waals surface area (Å²) < 4.78 is 43.4. The fourth-order valence-corrected chi connectivity index (χ4v) is 2.76. The van der Waals surface area contributed by atoms with Crippen LogP contribution in [0.25, 0.3) is 0 Å². The lowest BCUT2D eigenvalue weighted by atomic mass is 10.0. The molecule has 0 aromatic heterocycles. The summed E-state index contributed by atoms with van der Waals surface area (Å²) >= 11 is 5.93. The van der Waals surface area contributed by atoms with Gasteiger partial charge in [-0.3, -0.25) is 4.79 Å². The van der Waals surface area contributed by atoms with Gasteiger partial charge in [0.2, 0.25) is 0 Å². The van der Waals surface area contributed by atoms with Crippen molar-refractivity contribution >= 4 is 34.9 Å². The van der Waals surface area contributed by atoms with E-state index in [1.54, 1.807) is 13.8 Å². The summed E-state index contributed by atoms with van der Waals surface area (Å²) in [5, 5.41) is 13.9. The Bertz CT molecular complexity index is 986. The molecule has 6 nitrogen and oxygen atoms in total. The van der Waals surface area contributed by atoms with Crippen LogP contribution in [0, 0.1) is 17.2 Å². The third kappa shape index (κ3) is 6.89. The molecular formula is C21H19ClF3N3O3. The van der Waals surface area contributed by atoms with E-state index in [1.807, 2.05) is 6.07 Å². The van der Waals surface area contributed by atoms with Crippen molar-refractivity contribution in [3.63, 3.8) is 0 Å². The van der Waals surface area contributed by atoms with E-state index < -0.39 is 36.3 Å². The monoisotopic (exact) mass is 453 g/mol.